The van der Waals surface area contributed by atoms with Gasteiger partial charge in [0.2, 0.25) is 0 Å². The second-order valence-corrected chi connectivity index (χ2v) is 14.0. The fourth-order valence-electron chi connectivity index (χ4n) is 9.93. The van der Waals surface area contributed by atoms with E-state index in [0.29, 0.717) is 30.3 Å². The Hall–Kier alpha value is -2.11. The highest BCUT2D eigenvalue weighted by Gasteiger charge is 2.63. The van der Waals surface area contributed by atoms with Crippen LogP contribution in [0.3, 0.4) is 0 Å². The largest absolute Gasteiger partial charge is 0.497 e. The Morgan fingerprint density at radius 3 is 2.38 bits per heavy atom. The van der Waals surface area contributed by atoms with Gasteiger partial charge >= 0.3 is 11.9 Å². The Balaban J connectivity index is 1.47. The summed E-state index contributed by atoms with van der Waals surface area (Å²) >= 11 is 0. The van der Waals surface area contributed by atoms with Crippen molar-refractivity contribution in [3.8, 4) is 0 Å². The van der Waals surface area contributed by atoms with Crippen LogP contribution in [-0.2, 0) is 28.6 Å². The monoisotopic (exact) mass is 540 g/mol. The summed E-state index contributed by atoms with van der Waals surface area (Å²) in [6.07, 6.45) is 10.0. The Morgan fingerprint density at radius 2 is 1.72 bits per heavy atom. The van der Waals surface area contributed by atoms with Crippen molar-refractivity contribution in [2.45, 2.75) is 112 Å². The van der Waals surface area contributed by atoms with Crippen LogP contribution in [0, 0.1) is 46.3 Å². The van der Waals surface area contributed by atoms with E-state index in [1.54, 1.807) is 6.92 Å². The lowest BCUT2D eigenvalue weighted by Crippen LogP contribution is -2.51. The predicted octanol–water partition coefficient (Wildman–Crippen LogP) is 6.57. The van der Waals surface area contributed by atoms with E-state index in [2.05, 4.69) is 33.8 Å². The van der Waals surface area contributed by atoms with Crippen LogP contribution in [0.1, 0.15) is 99.8 Å². The zero-order chi connectivity index (χ0) is 28.3. The third-order valence-electron chi connectivity index (χ3n) is 11.5. The van der Waals surface area contributed by atoms with Crippen molar-refractivity contribution in [3.05, 3.63) is 23.0 Å². The fraction of sp³-hybridized carbons (Fsp3) is 0.788. The Morgan fingerprint density at radius 1 is 1.00 bits per heavy atom. The first kappa shape index (κ1) is 28.4. The van der Waals surface area contributed by atoms with Crippen LogP contribution in [0.2, 0.25) is 0 Å². The average Bonchev–Trinajstić information content (AvgIpc) is 3.14. The summed E-state index contributed by atoms with van der Waals surface area (Å²) in [4.78, 5) is 36.6. The quantitative estimate of drug-likeness (QED) is 0.290. The van der Waals surface area contributed by atoms with Crippen LogP contribution >= 0.6 is 0 Å². The molecule has 0 aromatic rings. The molecule has 10 atom stereocenters. The molecule has 0 spiro atoms. The summed E-state index contributed by atoms with van der Waals surface area (Å²) in [5.41, 5.74) is 2.43. The molecule has 0 N–H and O–H groups in total. The summed E-state index contributed by atoms with van der Waals surface area (Å²) in [6, 6.07) is 0. The molecule has 0 aromatic carbocycles. The van der Waals surface area contributed by atoms with Crippen molar-refractivity contribution >= 4 is 17.7 Å². The van der Waals surface area contributed by atoms with Crippen molar-refractivity contribution in [2.24, 2.45) is 46.3 Å². The molecule has 0 unspecified atom stereocenters. The van der Waals surface area contributed by atoms with E-state index in [4.69, 9.17) is 14.2 Å². The molecule has 5 aliphatic rings. The highest BCUT2D eigenvalue weighted by molar-refractivity contribution is 5.94. The Labute approximate surface area is 234 Å². The lowest BCUT2D eigenvalue weighted by molar-refractivity contribution is -0.151. The summed E-state index contributed by atoms with van der Waals surface area (Å²) in [5, 5.41) is 0. The van der Waals surface area contributed by atoms with Crippen LogP contribution < -0.4 is 0 Å². The molecular formula is C33H48O6. The highest BCUT2D eigenvalue weighted by Crippen LogP contribution is 2.68. The Bertz CT molecular complexity index is 1090. The molecule has 0 aromatic heterocycles. The molecule has 0 amide bonds. The van der Waals surface area contributed by atoms with Crippen molar-refractivity contribution in [2.75, 3.05) is 6.61 Å². The molecule has 3 saturated carbocycles. The molecule has 0 bridgehead atoms. The first-order valence-corrected chi connectivity index (χ1v) is 15.3. The van der Waals surface area contributed by atoms with Crippen LogP contribution in [0.15, 0.2) is 23.0 Å². The molecule has 0 radical (unpaired) electrons. The van der Waals surface area contributed by atoms with Crippen LogP contribution in [-0.4, -0.2) is 36.5 Å². The summed E-state index contributed by atoms with van der Waals surface area (Å²) in [5.74, 6) is 2.53. The molecule has 5 rings (SSSR count). The number of carbonyl (C=O) groups excluding carboxylic acids is 3. The van der Waals surface area contributed by atoms with Crippen molar-refractivity contribution in [1.29, 1.82) is 0 Å². The summed E-state index contributed by atoms with van der Waals surface area (Å²) in [7, 11) is 0. The molecule has 1 heterocycles. The van der Waals surface area contributed by atoms with Gasteiger partial charge in [0.15, 0.2) is 5.78 Å². The van der Waals surface area contributed by atoms with Gasteiger partial charge in [0.05, 0.1) is 6.61 Å². The van der Waals surface area contributed by atoms with Gasteiger partial charge in [-0.05, 0) is 86.4 Å². The first-order chi connectivity index (χ1) is 18.3. The van der Waals surface area contributed by atoms with E-state index < -0.39 is 0 Å². The third-order valence-corrected chi connectivity index (χ3v) is 11.5. The molecule has 4 aliphatic carbocycles. The average molecular weight is 541 g/mol. The van der Waals surface area contributed by atoms with Gasteiger partial charge in [-0.3, -0.25) is 14.4 Å². The molecular weight excluding hydrogens is 492 g/mol. The van der Waals surface area contributed by atoms with Crippen molar-refractivity contribution in [3.63, 3.8) is 0 Å². The molecule has 216 valence electrons. The highest BCUT2D eigenvalue weighted by atomic mass is 16.5. The third kappa shape index (κ3) is 4.88. The zero-order valence-corrected chi connectivity index (χ0v) is 25.0. The number of allylic oxidation sites excluding steroid dienone is 3. The van der Waals surface area contributed by atoms with Gasteiger partial charge in [0.1, 0.15) is 18.0 Å². The summed E-state index contributed by atoms with van der Waals surface area (Å²) in [6.45, 7) is 14.5. The number of fused-ring (bicyclic) bond motifs is 5. The maximum atomic E-state index is 12.7. The molecule has 0 saturated heterocycles. The van der Waals surface area contributed by atoms with E-state index in [9.17, 15) is 14.4 Å². The number of esters is 2. The number of carbonyl (C=O) groups is 3. The van der Waals surface area contributed by atoms with Crippen molar-refractivity contribution in [1.82, 2.24) is 0 Å². The number of ketones is 1. The second-order valence-electron chi connectivity index (χ2n) is 14.0. The number of Topliss-reactive ketones (excluding diaryl/α,β-unsaturated/α-hetero) is 1. The number of ether oxygens (including phenoxy) is 3. The van der Waals surface area contributed by atoms with E-state index in [1.165, 1.54) is 19.4 Å². The van der Waals surface area contributed by atoms with Crippen molar-refractivity contribution < 1.29 is 28.6 Å². The maximum Gasteiger partial charge on any atom is 0.302 e. The van der Waals surface area contributed by atoms with Gasteiger partial charge in [0, 0.05) is 37.7 Å². The first-order valence-electron chi connectivity index (χ1n) is 15.3. The maximum absolute atomic E-state index is 12.7. The van der Waals surface area contributed by atoms with Gasteiger partial charge < -0.3 is 14.2 Å². The SMILES string of the molecule is CC(=O)O[C@H]1CC[C@@]2(C)C(=CC[C@H]3[C@@H]4C[C@H](OC(C)=O)[C@H]([C@H](C)C5=C(C(C)=O)C[C@@H](C)CO5)[C@@]4(C)CC[C@@H]32)C1. The van der Waals surface area contributed by atoms with Gasteiger partial charge in [-0.1, -0.05) is 39.3 Å². The minimum Gasteiger partial charge on any atom is -0.497 e. The number of rotatable bonds is 5. The lowest BCUT2D eigenvalue weighted by atomic mass is 9.47. The van der Waals surface area contributed by atoms with Crippen LogP contribution in [0.4, 0.5) is 0 Å². The van der Waals surface area contributed by atoms with Gasteiger partial charge in [-0.15, -0.1) is 0 Å². The smallest absolute Gasteiger partial charge is 0.302 e. The van der Waals surface area contributed by atoms with Gasteiger partial charge in [-0.25, -0.2) is 0 Å². The van der Waals surface area contributed by atoms with Gasteiger partial charge in [-0.2, -0.15) is 0 Å². The molecule has 6 nitrogen and oxygen atoms in total. The topological polar surface area (TPSA) is 78.9 Å². The molecule has 1 aliphatic heterocycles. The zero-order valence-electron chi connectivity index (χ0n) is 25.0. The van der Waals surface area contributed by atoms with E-state index >= 15 is 0 Å². The van der Waals surface area contributed by atoms with Crippen LogP contribution in [0.5, 0.6) is 0 Å². The molecule has 6 heteroatoms. The summed E-state index contributed by atoms with van der Waals surface area (Å²) < 4.78 is 18.0. The van der Waals surface area contributed by atoms with Gasteiger partial charge in [0.25, 0.3) is 0 Å². The van der Waals surface area contributed by atoms with Crippen LogP contribution in [0.25, 0.3) is 0 Å². The molecule has 3 fully saturated rings. The Kier molecular flexibility index (Phi) is 7.56. The van der Waals surface area contributed by atoms with E-state index in [1.807, 2.05) is 0 Å². The molecule has 39 heavy (non-hydrogen) atoms. The standard InChI is InChI=1S/C33H48O6/c1-18-14-26(20(3)34)31(37-17-18)19(2)30-29(39-22(5)36)16-28-25-9-8-23-15-24(38-21(4)35)10-12-32(23,6)27(25)11-13-33(28,30)7/h8,18-19,24-25,27-30H,9-17H2,1-7H3/t18-,19+,24+,25-,27+,28+,29+,30+,32+,33+/m1/s1. The number of hydrogen-bond acceptors (Lipinski definition) is 6. The second kappa shape index (κ2) is 10.4. The van der Waals surface area contributed by atoms with E-state index in [-0.39, 0.29) is 52.6 Å². The van der Waals surface area contributed by atoms with E-state index in [0.717, 1.165) is 62.7 Å². The minimum absolute atomic E-state index is 0.000697. The lowest BCUT2D eigenvalue weighted by Gasteiger charge is -2.58. The fourth-order valence-corrected chi connectivity index (χ4v) is 9.93. The predicted molar refractivity (Wildman–Crippen MR) is 148 cm³/mol. The number of hydrogen-bond donors (Lipinski definition) is 0. The normalized spacial score (nSPS) is 42.2. The minimum atomic E-state index is -0.225.